The fraction of sp³-hybridized carbons (Fsp3) is 0.412. The number of aromatic nitrogens is 5. The molecule has 10 nitrogen and oxygen atoms in total. The molecule has 0 spiro atoms. The van der Waals surface area contributed by atoms with Gasteiger partial charge in [-0.05, 0) is 6.07 Å². The molecule has 0 bridgehead atoms. The van der Waals surface area contributed by atoms with Crippen LogP contribution < -0.4 is 5.73 Å². The van der Waals surface area contributed by atoms with E-state index in [0.717, 1.165) is 4.31 Å². The maximum atomic E-state index is 12.4. The van der Waals surface area contributed by atoms with Crippen molar-refractivity contribution < 1.29 is 21.6 Å². The Hall–Kier alpha value is -3.18. The highest BCUT2D eigenvalue weighted by Crippen LogP contribution is 2.38. The first-order chi connectivity index (χ1) is 14.5. The Kier molecular flexibility index (Phi) is 4.90. The molecule has 4 heterocycles. The van der Waals surface area contributed by atoms with Gasteiger partial charge < -0.3 is 10.7 Å². The molecule has 3 N–H and O–H groups in total. The second kappa shape index (κ2) is 7.20. The molecule has 0 atom stereocenters. The zero-order chi connectivity index (χ0) is 22.4. The number of nitrogen functional groups attached to an aromatic ring is 1. The Bertz CT molecular complexity index is 1270. The number of nitriles is 1. The van der Waals surface area contributed by atoms with Gasteiger partial charge >= 0.3 is 6.18 Å². The van der Waals surface area contributed by atoms with Crippen molar-refractivity contribution in [3.05, 3.63) is 24.8 Å². The summed E-state index contributed by atoms with van der Waals surface area (Å²) in [6.45, 7) is -0.352. The molecule has 0 unspecified atom stereocenters. The molecule has 14 heteroatoms. The van der Waals surface area contributed by atoms with Crippen molar-refractivity contribution in [1.29, 1.82) is 5.26 Å². The molecule has 3 aromatic heterocycles. The summed E-state index contributed by atoms with van der Waals surface area (Å²) in [5.74, 6) is -0.921. The van der Waals surface area contributed by atoms with Gasteiger partial charge in [0.1, 0.15) is 17.5 Å². The van der Waals surface area contributed by atoms with Crippen LogP contribution >= 0.6 is 0 Å². The van der Waals surface area contributed by atoms with Crippen molar-refractivity contribution in [2.75, 3.05) is 24.6 Å². The summed E-state index contributed by atoms with van der Waals surface area (Å²) in [6, 6.07) is 3.77. The third-order valence-corrected chi connectivity index (χ3v) is 6.99. The summed E-state index contributed by atoms with van der Waals surface area (Å²) in [7, 11) is -4.12. The molecular weight excluding hydrogens is 437 g/mol. The summed E-state index contributed by atoms with van der Waals surface area (Å²) < 4.78 is 64.2. The van der Waals surface area contributed by atoms with E-state index in [0.29, 0.717) is 22.3 Å². The molecule has 164 valence electrons. The van der Waals surface area contributed by atoms with Crippen molar-refractivity contribution in [1.82, 2.24) is 29.0 Å². The monoisotopic (exact) mass is 454 g/mol. The topological polar surface area (TPSA) is 147 Å². The van der Waals surface area contributed by atoms with Crippen LogP contribution in [0.15, 0.2) is 24.8 Å². The largest absolute Gasteiger partial charge is 0.390 e. The van der Waals surface area contributed by atoms with Crippen LogP contribution in [0.1, 0.15) is 12.8 Å². The highest BCUT2D eigenvalue weighted by Gasteiger charge is 2.51. The number of aromatic amines is 1. The first-order valence-electron chi connectivity index (χ1n) is 9.10. The molecule has 1 aliphatic rings. The molecular formula is C17H17F3N8O2S. The SMILES string of the molecule is N#CCC1(n2cc(-c3ncnc4[nH]ccc34)c(N)n2)CN(S(=O)(=O)CCC(F)(F)F)C1. The van der Waals surface area contributed by atoms with E-state index in [1.165, 1.54) is 11.0 Å². The quantitative estimate of drug-likeness (QED) is 0.575. The van der Waals surface area contributed by atoms with Crippen molar-refractivity contribution in [3.63, 3.8) is 0 Å². The maximum absolute atomic E-state index is 12.4. The zero-order valence-electron chi connectivity index (χ0n) is 16.0. The van der Waals surface area contributed by atoms with Crippen LogP contribution in [-0.4, -0.2) is 62.5 Å². The first kappa shape index (κ1) is 21.1. The Labute approximate surface area is 174 Å². The normalized spacial score (nSPS) is 16.8. The number of anilines is 1. The van der Waals surface area contributed by atoms with Crippen molar-refractivity contribution in [2.24, 2.45) is 0 Å². The summed E-state index contributed by atoms with van der Waals surface area (Å²) in [5, 5.41) is 14.2. The van der Waals surface area contributed by atoms with E-state index in [1.807, 2.05) is 6.07 Å². The predicted octanol–water partition coefficient (Wildman–Crippen LogP) is 1.61. The van der Waals surface area contributed by atoms with E-state index < -0.39 is 33.9 Å². The number of sulfonamides is 1. The first-order valence-corrected chi connectivity index (χ1v) is 10.7. The molecule has 0 aromatic carbocycles. The van der Waals surface area contributed by atoms with Gasteiger partial charge in [0.15, 0.2) is 5.82 Å². The minimum absolute atomic E-state index is 0.0950. The number of alkyl halides is 3. The molecule has 1 aliphatic heterocycles. The van der Waals surface area contributed by atoms with E-state index in [-0.39, 0.29) is 25.3 Å². The number of hydrogen-bond donors (Lipinski definition) is 2. The molecule has 0 aliphatic carbocycles. The van der Waals surface area contributed by atoms with Gasteiger partial charge in [-0.3, -0.25) is 4.68 Å². The van der Waals surface area contributed by atoms with Gasteiger partial charge in [-0.1, -0.05) is 0 Å². The van der Waals surface area contributed by atoms with E-state index in [4.69, 9.17) is 5.73 Å². The lowest BCUT2D eigenvalue weighted by Gasteiger charge is -2.47. The lowest BCUT2D eigenvalue weighted by Crippen LogP contribution is -2.64. The third-order valence-electron chi connectivity index (χ3n) is 5.22. The van der Waals surface area contributed by atoms with E-state index in [1.54, 1.807) is 18.5 Å². The van der Waals surface area contributed by atoms with Gasteiger partial charge in [0.2, 0.25) is 10.0 Å². The Morgan fingerprint density at radius 2 is 2.06 bits per heavy atom. The summed E-state index contributed by atoms with van der Waals surface area (Å²) in [5.41, 5.74) is 6.62. The minimum atomic E-state index is -4.58. The number of fused-ring (bicyclic) bond motifs is 1. The lowest BCUT2D eigenvalue weighted by atomic mass is 9.89. The number of nitrogens with two attached hydrogens (primary N) is 1. The van der Waals surface area contributed by atoms with E-state index in [2.05, 4.69) is 20.1 Å². The molecule has 1 fully saturated rings. The molecule has 31 heavy (non-hydrogen) atoms. The highest BCUT2D eigenvalue weighted by molar-refractivity contribution is 7.89. The smallest absolute Gasteiger partial charge is 0.382 e. The van der Waals surface area contributed by atoms with Gasteiger partial charge in [-0.15, -0.1) is 0 Å². The molecule has 1 saturated heterocycles. The van der Waals surface area contributed by atoms with Gasteiger partial charge in [-0.25, -0.2) is 18.4 Å². The van der Waals surface area contributed by atoms with Crippen LogP contribution in [0.4, 0.5) is 19.0 Å². The van der Waals surface area contributed by atoms with Gasteiger partial charge in [-0.2, -0.15) is 27.8 Å². The zero-order valence-corrected chi connectivity index (χ0v) is 16.8. The average Bonchev–Trinajstić information content (AvgIpc) is 3.28. The summed E-state index contributed by atoms with van der Waals surface area (Å²) in [4.78, 5) is 11.3. The molecule has 4 rings (SSSR count). The van der Waals surface area contributed by atoms with E-state index >= 15 is 0 Å². The second-order valence-electron chi connectivity index (χ2n) is 7.34. The van der Waals surface area contributed by atoms with Gasteiger partial charge in [0, 0.05) is 30.9 Å². The van der Waals surface area contributed by atoms with Crippen molar-refractivity contribution in [3.8, 4) is 17.3 Å². The number of halogens is 3. The van der Waals surface area contributed by atoms with Crippen LogP contribution in [0.3, 0.4) is 0 Å². The number of rotatable bonds is 6. The molecule has 0 radical (unpaired) electrons. The van der Waals surface area contributed by atoms with Crippen LogP contribution in [0.2, 0.25) is 0 Å². The summed E-state index contributed by atoms with van der Waals surface area (Å²) in [6.07, 6.45) is -1.49. The van der Waals surface area contributed by atoms with Gasteiger partial charge in [0.25, 0.3) is 0 Å². The third kappa shape index (κ3) is 3.81. The fourth-order valence-electron chi connectivity index (χ4n) is 3.57. The molecule has 3 aromatic rings. The predicted molar refractivity (Wildman–Crippen MR) is 104 cm³/mol. The standard InChI is InChI=1S/C17H17F3N8O2S/c18-17(19,20)3-6-31(29,30)27-8-16(9-27,2-4-21)28-7-12(14(22)26-28)13-11-1-5-23-15(11)25-10-24-13/h1,5,7,10H,2-3,6,8-9H2,(H2,22,26)(H,23,24,25). The lowest BCUT2D eigenvalue weighted by molar-refractivity contribution is -0.130. The number of nitrogens with zero attached hydrogens (tertiary/aromatic N) is 6. The molecule has 0 amide bonds. The van der Waals surface area contributed by atoms with E-state index in [9.17, 15) is 26.9 Å². The Morgan fingerprint density at radius 3 is 2.74 bits per heavy atom. The maximum Gasteiger partial charge on any atom is 0.390 e. The Balaban J connectivity index is 1.62. The van der Waals surface area contributed by atoms with Crippen LogP contribution in [0.5, 0.6) is 0 Å². The average molecular weight is 454 g/mol. The fourth-order valence-corrected chi connectivity index (χ4v) is 5.19. The van der Waals surface area contributed by atoms with Crippen molar-refractivity contribution >= 4 is 26.9 Å². The Morgan fingerprint density at radius 1 is 1.32 bits per heavy atom. The number of nitrogens with one attached hydrogen (secondary N) is 1. The number of hydrogen-bond acceptors (Lipinski definition) is 7. The van der Waals surface area contributed by atoms with Crippen LogP contribution in [-0.2, 0) is 15.6 Å². The van der Waals surface area contributed by atoms with Crippen LogP contribution in [0, 0.1) is 11.3 Å². The van der Waals surface area contributed by atoms with Gasteiger partial charge in [0.05, 0.1) is 35.9 Å². The second-order valence-corrected chi connectivity index (χ2v) is 9.43. The van der Waals surface area contributed by atoms with Crippen LogP contribution in [0.25, 0.3) is 22.3 Å². The number of H-pyrrole nitrogens is 1. The summed E-state index contributed by atoms with van der Waals surface area (Å²) >= 11 is 0. The molecule has 0 saturated carbocycles. The highest BCUT2D eigenvalue weighted by atomic mass is 32.2. The minimum Gasteiger partial charge on any atom is -0.382 e. The van der Waals surface area contributed by atoms with Crippen molar-refractivity contribution in [2.45, 2.75) is 24.6 Å².